The highest BCUT2D eigenvalue weighted by Gasteiger charge is 2.42. The lowest BCUT2D eigenvalue weighted by molar-refractivity contribution is -0.153. The molecule has 9 nitrogen and oxygen atoms in total. The van der Waals surface area contributed by atoms with Gasteiger partial charge in [-0.25, -0.2) is 4.79 Å². The maximum atomic E-state index is 14.2. The Labute approximate surface area is 254 Å². The number of nitrogens with zero attached hydrogens (tertiary/aromatic N) is 3. The lowest BCUT2D eigenvalue weighted by Gasteiger charge is -2.37. The van der Waals surface area contributed by atoms with Crippen LogP contribution >= 0.6 is 0 Å². The number of esters is 1. The van der Waals surface area contributed by atoms with Crippen LogP contribution in [0, 0.1) is 5.92 Å². The number of hydrogen-bond donors (Lipinski definition) is 0. The molecule has 2 aliphatic carbocycles. The number of carbonyl (C=O) groups is 4. The Morgan fingerprint density at radius 1 is 0.884 bits per heavy atom. The molecular weight excluding hydrogens is 546 g/mol. The Hall–Kier alpha value is -4.14. The topological polar surface area (TPSA) is 96.5 Å². The van der Waals surface area contributed by atoms with Gasteiger partial charge in [0.1, 0.15) is 25.3 Å². The molecule has 2 aliphatic rings. The quantitative estimate of drug-likeness (QED) is 0.259. The SMILES string of the molecule is C=CCOC(=O)C[C@@H](C(=O)N(C)CC)N(C)C(=O)C(C1CCCC1)N(C)C(=O)OCC1c2ccccc2-c2ccccc21. The molecule has 0 bridgehead atoms. The Morgan fingerprint density at radius 3 is 2.02 bits per heavy atom. The molecule has 2 atom stereocenters. The Bertz CT molecular complexity index is 1290. The maximum absolute atomic E-state index is 14.2. The third-order valence-corrected chi connectivity index (χ3v) is 8.81. The summed E-state index contributed by atoms with van der Waals surface area (Å²) in [5.41, 5.74) is 4.47. The molecule has 0 N–H and O–H groups in total. The third-order valence-electron chi connectivity index (χ3n) is 8.81. The summed E-state index contributed by atoms with van der Waals surface area (Å²) >= 11 is 0. The number of likely N-dealkylation sites (N-methyl/N-ethyl adjacent to an activating group) is 3. The number of ether oxygens (including phenoxy) is 2. The second kappa shape index (κ2) is 14.4. The summed E-state index contributed by atoms with van der Waals surface area (Å²) in [6, 6.07) is 14.3. The van der Waals surface area contributed by atoms with Crippen molar-refractivity contribution in [3.05, 3.63) is 72.3 Å². The Kier molecular flexibility index (Phi) is 10.6. The van der Waals surface area contributed by atoms with Crippen LogP contribution in [-0.4, -0.2) is 91.6 Å². The zero-order chi connectivity index (χ0) is 31.1. The fourth-order valence-corrected chi connectivity index (χ4v) is 6.30. The molecule has 0 aromatic heterocycles. The van der Waals surface area contributed by atoms with Crippen LogP contribution in [0.3, 0.4) is 0 Å². The van der Waals surface area contributed by atoms with Crippen molar-refractivity contribution in [1.82, 2.24) is 14.7 Å². The van der Waals surface area contributed by atoms with Gasteiger partial charge in [-0.1, -0.05) is 74.0 Å². The van der Waals surface area contributed by atoms with Gasteiger partial charge in [0.05, 0.1) is 6.42 Å². The smallest absolute Gasteiger partial charge is 0.410 e. The molecule has 0 heterocycles. The predicted octanol–water partition coefficient (Wildman–Crippen LogP) is 4.85. The monoisotopic (exact) mass is 589 g/mol. The molecule has 0 radical (unpaired) electrons. The third kappa shape index (κ3) is 6.92. The first-order valence-corrected chi connectivity index (χ1v) is 15.1. The van der Waals surface area contributed by atoms with Crippen molar-refractivity contribution >= 4 is 23.9 Å². The fourth-order valence-electron chi connectivity index (χ4n) is 6.30. The molecular formula is C34H43N3O6. The second-order valence-corrected chi connectivity index (χ2v) is 11.4. The van der Waals surface area contributed by atoms with E-state index in [1.165, 1.54) is 27.8 Å². The van der Waals surface area contributed by atoms with Crippen molar-refractivity contribution in [3.8, 4) is 11.1 Å². The molecule has 3 amide bonds. The van der Waals surface area contributed by atoms with Crippen molar-refractivity contribution < 1.29 is 28.7 Å². The molecule has 9 heteroatoms. The molecule has 2 aromatic rings. The summed E-state index contributed by atoms with van der Waals surface area (Å²) in [6.07, 6.45) is 4.00. The van der Waals surface area contributed by atoms with Crippen molar-refractivity contribution in [1.29, 1.82) is 0 Å². The molecule has 230 valence electrons. The molecule has 0 spiro atoms. The van der Waals surface area contributed by atoms with Gasteiger partial charge in [-0.2, -0.15) is 0 Å². The van der Waals surface area contributed by atoms with Crippen LogP contribution in [0.5, 0.6) is 0 Å². The summed E-state index contributed by atoms with van der Waals surface area (Å²) in [5.74, 6) is -1.58. The van der Waals surface area contributed by atoms with Crippen LogP contribution in [0.2, 0.25) is 0 Å². The Balaban J connectivity index is 1.53. The van der Waals surface area contributed by atoms with Gasteiger partial charge in [-0.15, -0.1) is 0 Å². The number of fused-ring (bicyclic) bond motifs is 3. The minimum absolute atomic E-state index is 0.0102. The number of carbonyl (C=O) groups excluding carboxylic acids is 4. The van der Waals surface area contributed by atoms with Crippen LogP contribution in [-0.2, 0) is 23.9 Å². The average molecular weight is 590 g/mol. The summed E-state index contributed by atoms with van der Waals surface area (Å²) in [6.45, 7) is 5.92. The largest absolute Gasteiger partial charge is 0.461 e. The van der Waals surface area contributed by atoms with Crippen LogP contribution in [0.25, 0.3) is 11.1 Å². The lowest BCUT2D eigenvalue weighted by Crippen LogP contribution is -2.57. The lowest BCUT2D eigenvalue weighted by atomic mass is 9.95. The van der Waals surface area contributed by atoms with E-state index in [2.05, 4.69) is 30.8 Å². The zero-order valence-electron chi connectivity index (χ0n) is 25.7. The van der Waals surface area contributed by atoms with E-state index in [0.717, 1.165) is 47.9 Å². The highest BCUT2D eigenvalue weighted by atomic mass is 16.6. The zero-order valence-corrected chi connectivity index (χ0v) is 25.7. The van der Waals surface area contributed by atoms with Gasteiger partial charge in [0.15, 0.2) is 0 Å². The van der Waals surface area contributed by atoms with Crippen LogP contribution < -0.4 is 0 Å². The van der Waals surface area contributed by atoms with Gasteiger partial charge >= 0.3 is 12.1 Å². The minimum atomic E-state index is -1.07. The second-order valence-electron chi connectivity index (χ2n) is 11.4. The van der Waals surface area contributed by atoms with E-state index >= 15 is 0 Å². The summed E-state index contributed by atoms with van der Waals surface area (Å²) in [5, 5.41) is 0. The number of benzene rings is 2. The number of amides is 3. The molecule has 43 heavy (non-hydrogen) atoms. The van der Waals surface area contributed by atoms with Crippen molar-refractivity contribution in [2.24, 2.45) is 5.92 Å². The summed E-state index contributed by atoms with van der Waals surface area (Å²) < 4.78 is 11.0. The summed E-state index contributed by atoms with van der Waals surface area (Å²) in [4.78, 5) is 57.8. The predicted molar refractivity (Wildman–Crippen MR) is 164 cm³/mol. The molecule has 0 saturated heterocycles. The van der Waals surface area contributed by atoms with Crippen molar-refractivity contribution in [2.75, 3.05) is 40.9 Å². The van der Waals surface area contributed by atoms with E-state index in [1.54, 1.807) is 14.1 Å². The standard InChI is InChI=1S/C34H43N3O6/c1-6-20-42-30(38)21-29(32(39)35(3)7-2)36(4)33(40)31(23-14-8-9-15-23)37(5)34(41)43-22-28-26-18-12-10-16-24(26)25-17-11-13-19-27(25)28/h6,10-13,16-19,23,28-29,31H,1,7-9,14-15,20-22H2,2-5H3/t29-,31?/m0/s1. The number of rotatable bonds is 12. The van der Waals surface area contributed by atoms with E-state index in [4.69, 9.17) is 9.47 Å². The minimum Gasteiger partial charge on any atom is -0.461 e. The molecule has 1 fully saturated rings. The molecule has 1 unspecified atom stereocenters. The molecule has 1 saturated carbocycles. The van der Waals surface area contributed by atoms with Gasteiger partial charge in [-0.3, -0.25) is 19.3 Å². The fraction of sp³-hybridized carbons (Fsp3) is 0.471. The maximum Gasteiger partial charge on any atom is 0.410 e. The van der Waals surface area contributed by atoms with Crippen LogP contribution in [0.1, 0.15) is 56.1 Å². The van der Waals surface area contributed by atoms with Gasteiger partial charge in [0, 0.05) is 33.6 Å². The average Bonchev–Trinajstić information content (AvgIpc) is 3.67. The normalized spacial score (nSPS) is 15.5. The van der Waals surface area contributed by atoms with E-state index in [0.29, 0.717) is 6.54 Å². The van der Waals surface area contributed by atoms with Gasteiger partial charge in [-0.05, 0) is 47.9 Å². The molecule has 0 aliphatic heterocycles. The van der Waals surface area contributed by atoms with E-state index < -0.39 is 30.1 Å². The molecule has 2 aromatic carbocycles. The summed E-state index contributed by atoms with van der Waals surface area (Å²) in [7, 11) is 4.73. The van der Waals surface area contributed by atoms with E-state index in [9.17, 15) is 19.2 Å². The van der Waals surface area contributed by atoms with Crippen molar-refractivity contribution in [2.45, 2.75) is 57.0 Å². The molecule has 4 rings (SSSR count). The van der Waals surface area contributed by atoms with Gasteiger partial charge < -0.3 is 19.3 Å². The first-order valence-electron chi connectivity index (χ1n) is 15.1. The van der Waals surface area contributed by atoms with Crippen molar-refractivity contribution in [3.63, 3.8) is 0 Å². The highest BCUT2D eigenvalue weighted by Crippen LogP contribution is 2.44. The van der Waals surface area contributed by atoms with Crippen LogP contribution in [0.4, 0.5) is 4.79 Å². The Morgan fingerprint density at radius 2 is 1.47 bits per heavy atom. The highest BCUT2D eigenvalue weighted by molar-refractivity contribution is 5.93. The number of hydrogen-bond acceptors (Lipinski definition) is 6. The van der Waals surface area contributed by atoms with Gasteiger partial charge in [0.2, 0.25) is 11.8 Å². The van der Waals surface area contributed by atoms with Crippen LogP contribution in [0.15, 0.2) is 61.2 Å². The van der Waals surface area contributed by atoms with E-state index in [-0.39, 0.29) is 37.4 Å². The first kappa shape index (κ1) is 31.8. The first-order chi connectivity index (χ1) is 20.7. The van der Waals surface area contributed by atoms with E-state index in [1.807, 2.05) is 31.2 Å². The van der Waals surface area contributed by atoms with Gasteiger partial charge in [0.25, 0.3) is 0 Å².